The zero-order chi connectivity index (χ0) is 6.85. The van der Waals surface area contributed by atoms with Crippen molar-refractivity contribution in [3.8, 4) is 0 Å². The molecule has 0 atom stereocenters. The second-order valence-corrected chi connectivity index (χ2v) is 2.70. The van der Waals surface area contributed by atoms with Crippen molar-refractivity contribution in [1.82, 2.24) is 5.32 Å². The van der Waals surface area contributed by atoms with Gasteiger partial charge in [0.25, 0.3) is 0 Å². The molecule has 1 fully saturated rings. The van der Waals surface area contributed by atoms with Gasteiger partial charge in [0.05, 0.1) is 0 Å². The third kappa shape index (κ3) is 1.92. The van der Waals surface area contributed by atoms with Crippen molar-refractivity contribution in [2.75, 3.05) is 0 Å². The molecule has 1 saturated carbocycles. The zero-order valence-corrected chi connectivity index (χ0v) is 5.91. The summed E-state index contributed by atoms with van der Waals surface area (Å²) in [7, 11) is 0. The van der Waals surface area contributed by atoms with Gasteiger partial charge in [-0.2, -0.15) is 0 Å². The van der Waals surface area contributed by atoms with Crippen LogP contribution >= 0.6 is 0 Å². The Kier molecular flexibility index (Phi) is 1.60. The summed E-state index contributed by atoms with van der Waals surface area (Å²) in [5.74, 6) is 0.738. The van der Waals surface area contributed by atoms with Gasteiger partial charge < -0.3 is 5.32 Å². The molecule has 1 heteroatoms. The van der Waals surface area contributed by atoms with Crippen LogP contribution < -0.4 is 5.32 Å². The number of hydrogen-bond acceptors (Lipinski definition) is 1. The molecule has 0 aromatic heterocycles. The molecule has 0 radical (unpaired) electrons. The van der Waals surface area contributed by atoms with Gasteiger partial charge in [0.1, 0.15) is 0 Å². The van der Waals surface area contributed by atoms with Crippen molar-refractivity contribution in [2.45, 2.75) is 19.8 Å². The standard InChI is InChI=1S/C8H13N/c1-6(2)9-7(3)8-4-5-8/h8-9H,1,3-5H2,2H3. The largest absolute Gasteiger partial charge is 0.363 e. The number of nitrogens with one attached hydrogen (secondary N) is 1. The summed E-state index contributed by atoms with van der Waals surface area (Å²) in [4.78, 5) is 0. The van der Waals surface area contributed by atoms with E-state index in [9.17, 15) is 0 Å². The van der Waals surface area contributed by atoms with Crippen LogP contribution in [-0.4, -0.2) is 0 Å². The van der Waals surface area contributed by atoms with E-state index < -0.39 is 0 Å². The molecule has 1 N–H and O–H groups in total. The van der Waals surface area contributed by atoms with Crippen molar-refractivity contribution in [1.29, 1.82) is 0 Å². The van der Waals surface area contributed by atoms with Crippen molar-refractivity contribution in [2.24, 2.45) is 5.92 Å². The van der Waals surface area contributed by atoms with Crippen molar-refractivity contribution in [3.63, 3.8) is 0 Å². The predicted octanol–water partition coefficient (Wildman–Crippen LogP) is 2.03. The molecule has 0 heterocycles. The molecular weight excluding hydrogens is 110 g/mol. The Balaban J connectivity index is 2.26. The fourth-order valence-electron chi connectivity index (χ4n) is 0.808. The van der Waals surface area contributed by atoms with E-state index in [1.165, 1.54) is 12.8 Å². The molecule has 1 rings (SSSR count). The van der Waals surface area contributed by atoms with Gasteiger partial charge in [-0.3, -0.25) is 0 Å². The third-order valence-corrected chi connectivity index (χ3v) is 1.44. The highest BCUT2D eigenvalue weighted by atomic mass is 14.9. The van der Waals surface area contributed by atoms with Crippen LogP contribution in [0.4, 0.5) is 0 Å². The maximum Gasteiger partial charge on any atom is 0.0107 e. The van der Waals surface area contributed by atoms with E-state index >= 15 is 0 Å². The van der Waals surface area contributed by atoms with Crippen LogP contribution in [0.15, 0.2) is 24.6 Å². The summed E-state index contributed by atoms with van der Waals surface area (Å²) < 4.78 is 0. The van der Waals surface area contributed by atoms with E-state index in [2.05, 4.69) is 18.5 Å². The Labute approximate surface area is 56.5 Å². The average Bonchev–Trinajstić information content (AvgIpc) is 2.40. The van der Waals surface area contributed by atoms with Gasteiger partial charge in [0.2, 0.25) is 0 Å². The summed E-state index contributed by atoms with van der Waals surface area (Å²) in [5.41, 5.74) is 2.13. The van der Waals surface area contributed by atoms with Gasteiger partial charge in [0, 0.05) is 11.4 Å². The minimum atomic E-state index is 0.738. The van der Waals surface area contributed by atoms with Crippen molar-refractivity contribution >= 4 is 0 Å². The lowest BCUT2D eigenvalue weighted by Crippen LogP contribution is -2.09. The van der Waals surface area contributed by atoms with Gasteiger partial charge in [0.15, 0.2) is 0 Å². The molecule has 0 aromatic rings. The van der Waals surface area contributed by atoms with Crippen LogP contribution in [0.5, 0.6) is 0 Å². The van der Waals surface area contributed by atoms with Gasteiger partial charge in [-0.1, -0.05) is 13.2 Å². The fourth-order valence-corrected chi connectivity index (χ4v) is 0.808. The van der Waals surface area contributed by atoms with Crippen LogP contribution in [0.3, 0.4) is 0 Å². The van der Waals surface area contributed by atoms with Gasteiger partial charge in [-0.05, 0) is 25.7 Å². The lowest BCUT2D eigenvalue weighted by atomic mass is 10.3. The predicted molar refractivity (Wildman–Crippen MR) is 39.8 cm³/mol. The molecule has 1 aliphatic carbocycles. The summed E-state index contributed by atoms with van der Waals surface area (Å²) in [6.07, 6.45) is 2.61. The molecule has 50 valence electrons. The molecule has 0 aliphatic heterocycles. The molecule has 0 spiro atoms. The zero-order valence-electron chi connectivity index (χ0n) is 5.91. The lowest BCUT2D eigenvalue weighted by Gasteiger charge is -2.05. The highest BCUT2D eigenvalue weighted by Crippen LogP contribution is 2.34. The molecule has 0 saturated heterocycles. The highest BCUT2D eigenvalue weighted by Gasteiger charge is 2.24. The molecular formula is C8H13N. The Bertz CT molecular complexity index is 143. The van der Waals surface area contributed by atoms with Gasteiger partial charge in [-0.15, -0.1) is 0 Å². The van der Waals surface area contributed by atoms with Gasteiger partial charge in [-0.25, -0.2) is 0 Å². The first kappa shape index (κ1) is 6.40. The van der Waals surface area contributed by atoms with Crippen LogP contribution in [-0.2, 0) is 0 Å². The Morgan fingerprint density at radius 1 is 1.44 bits per heavy atom. The van der Waals surface area contributed by atoms with E-state index in [0.717, 1.165) is 17.3 Å². The SMILES string of the molecule is C=C(C)NC(=C)C1CC1. The van der Waals surface area contributed by atoms with Crippen LogP contribution in [0.1, 0.15) is 19.8 Å². The third-order valence-electron chi connectivity index (χ3n) is 1.44. The topological polar surface area (TPSA) is 12.0 Å². The normalized spacial score (nSPS) is 17.0. The summed E-state index contributed by atoms with van der Waals surface area (Å²) in [6, 6.07) is 0. The Morgan fingerprint density at radius 2 is 2.00 bits per heavy atom. The number of hydrogen-bond donors (Lipinski definition) is 1. The lowest BCUT2D eigenvalue weighted by molar-refractivity contribution is 0.851. The van der Waals surface area contributed by atoms with Crippen molar-refractivity contribution in [3.05, 3.63) is 24.6 Å². The molecule has 0 unspecified atom stereocenters. The smallest absolute Gasteiger partial charge is 0.0107 e. The minimum Gasteiger partial charge on any atom is -0.363 e. The summed E-state index contributed by atoms with van der Waals surface area (Å²) in [6.45, 7) is 9.57. The summed E-state index contributed by atoms with van der Waals surface area (Å²) >= 11 is 0. The fraction of sp³-hybridized carbons (Fsp3) is 0.500. The first-order valence-electron chi connectivity index (χ1n) is 3.31. The molecule has 0 bridgehead atoms. The van der Waals surface area contributed by atoms with E-state index in [-0.39, 0.29) is 0 Å². The van der Waals surface area contributed by atoms with Crippen LogP contribution in [0.25, 0.3) is 0 Å². The Morgan fingerprint density at radius 3 is 2.33 bits per heavy atom. The first-order chi connectivity index (χ1) is 4.20. The number of rotatable bonds is 3. The molecule has 1 aliphatic rings. The Hall–Kier alpha value is -0.720. The maximum absolute atomic E-state index is 3.88. The molecule has 0 amide bonds. The first-order valence-corrected chi connectivity index (χ1v) is 3.31. The maximum atomic E-state index is 3.88. The second-order valence-electron chi connectivity index (χ2n) is 2.70. The molecule has 1 nitrogen and oxygen atoms in total. The minimum absolute atomic E-state index is 0.738. The van der Waals surface area contributed by atoms with E-state index in [1.54, 1.807) is 0 Å². The summed E-state index contributed by atoms with van der Waals surface area (Å²) in [5, 5.41) is 3.12. The van der Waals surface area contributed by atoms with E-state index in [4.69, 9.17) is 0 Å². The van der Waals surface area contributed by atoms with E-state index in [1.807, 2.05) is 6.92 Å². The number of allylic oxidation sites excluding steroid dienone is 2. The highest BCUT2D eigenvalue weighted by molar-refractivity contribution is 5.10. The van der Waals surface area contributed by atoms with Gasteiger partial charge >= 0.3 is 0 Å². The van der Waals surface area contributed by atoms with Crippen LogP contribution in [0.2, 0.25) is 0 Å². The molecule has 9 heavy (non-hydrogen) atoms. The molecule has 0 aromatic carbocycles. The quantitative estimate of drug-likeness (QED) is 0.605. The second kappa shape index (κ2) is 2.26. The monoisotopic (exact) mass is 123 g/mol. The van der Waals surface area contributed by atoms with E-state index in [0.29, 0.717) is 0 Å². The van der Waals surface area contributed by atoms with Crippen molar-refractivity contribution < 1.29 is 0 Å². The van der Waals surface area contributed by atoms with Crippen LogP contribution in [0, 0.1) is 5.92 Å². The average molecular weight is 123 g/mol.